The zero-order chi connectivity index (χ0) is 17.7. The fraction of sp³-hybridized carbons (Fsp3) is 0.588. The molecule has 1 atom stereocenters. The monoisotopic (exact) mass is 373 g/mol. The lowest BCUT2D eigenvalue weighted by Gasteiger charge is -2.28. The number of sulfone groups is 1. The molecule has 5 nitrogen and oxygen atoms in total. The molecule has 0 spiro atoms. The Kier molecular flexibility index (Phi) is 6.52. The molecule has 1 unspecified atom stereocenters. The molecule has 1 saturated heterocycles. The van der Waals surface area contributed by atoms with E-state index in [0.717, 1.165) is 18.4 Å². The van der Waals surface area contributed by atoms with Crippen LogP contribution in [0.2, 0.25) is 5.02 Å². The first kappa shape index (κ1) is 19.1. The Balaban J connectivity index is 2.03. The van der Waals surface area contributed by atoms with E-state index in [9.17, 15) is 13.2 Å². The van der Waals surface area contributed by atoms with Gasteiger partial charge < -0.3 is 9.64 Å². The van der Waals surface area contributed by atoms with Crippen LogP contribution in [0, 0.1) is 6.92 Å². The maximum Gasteiger partial charge on any atom is 0.260 e. The number of hydrogen-bond donors (Lipinski definition) is 0. The zero-order valence-corrected chi connectivity index (χ0v) is 15.7. The summed E-state index contributed by atoms with van der Waals surface area (Å²) < 4.78 is 29.1. The lowest BCUT2D eigenvalue weighted by Crippen LogP contribution is -2.44. The molecule has 1 aromatic carbocycles. The molecule has 134 valence electrons. The maximum atomic E-state index is 12.6. The molecule has 0 radical (unpaired) electrons. The van der Waals surface area contributed by atoms with Gasteiger partial charge in [0, 0.05) is 23.2 Å². The molecule has 0 aliphatic carbocycles. The summed E-state index contributed by atoms with van der Waals surface area (Å²) in [7, 11) is -3.03. The van der Waals surface area contributed by atoms with E-state index in [4.69, 9.17) is 16.3 Å². The molecule has 0 aromatic heterocycles. The van der Waals surface area contributed by atoms with Crippen LogP contribution in [-0.2, 0) is 14.6 Å². The number of hydrogen-bond acceptors (Lipinski definition) is 4. The summed E-state index contributed by atoms with van der Waals surface area (Å²) in [5.74, 6) is 0.607. The van der Waals surface area contributed by atoms with Crippen LogP contribution < -0.4 is 4.74 Å². The van der Waals surface area contributed by atoms with Crippen LogP contribution in [0.1, 0.15) is 31.7 Å². The van der Waals surface area contributed by atoms with Crippen molar-refractivity contribution in [1.29, 1.82) is 0 Å². The van der Waals surface area contributed by atoms with Gasteiger partial charge in [-0.15, -0.1) is 0 Å². The van der Waals surface area contributed by atoms with E-state index < -0.39 is 9.84 Å². The van der Waals surface area contributed by atoms with Crippen LogP contribution in [0.5, 0.6) is 5.75 Å². The fourth-order valence-electron chi connectivity index (χ4n) is 2.83. The molecule has 2 rings (SSSR count). The second-order valence-electron chi connectivity index (χ2n) is 6.15. The van der Waals surface area contributed by atoms with E-state index in [1.807, 2.05) is 13.8 Å². The van der Waals surface area contributed by atoms with Gasteiger partial charge in [0.05, 0.1) is 11.5 Å². The Morgan fingerprint density at radius 2 is 2.17 bits per heavy atom. The lowest BCUT2D eigenvalue weighted by molar-refractivity contribution is -0.135. The van der Waals surface area contributed by atoms with E-state index in [2.05, 4.69) is 0 Å². The number of ether oxygens (including phenoxy) is 1. The smallest absolute Gasteiger partial charge is 0.260 e. The van der Waals surface area contributed by atoms with Crippen LogP contribution in [0.15, 0.2) is 18.2 Å². The van der Waals surface area contributed by atoms with Gasteiger partial charge in [-0.25, -0.2) is 8.42 Å². The van der Waals surface area contributed by atoms with Crippen LogP contribution in [0.4, 0.5) is 0 Å². The van der Waals surface area contributed by atoms with Crippen molar-refractivity contribution in [1.82, 2.24) is 4.90 Å². The van der Waals surface area contributed by atoms with Crippen molar-refractivity contribution in [2.75, 3.05) is 24.7 Å². The zero-order valence-electron chi connectivity index (χ0n) is 14.1. The number of carbonyl (C=O) groups excluding carboxylic acids is 1. The van der Waals surface area contributed by atoms with Crippen molar-refractivity contribution >= 4 is 27.3 Å². The van der Waals surface area contributed by atoms with Crippen molar-refractivity contribution in [3.8, 4) is 5.75 Å². The second kappa shape index (κ2) is 8.21. The highest BCUT2D eigenvalue weighted by atomic mass is 35.5. The Hall–Kier alpha value is -1.27. The van der Waals surface area contributed by atoms with Gasteiger partial charge in [-0.1, -0.05) is 31.0 Å². The predicted octanol–water partition coefficient (Wildman–Crippen LogP) is 2.84. The van der Waals surface area contributed by atoms with Gasteiger partial charge in [0.15, 0.2) is 16.4 Å². The van der Waals surface area contributed by atoms with Crippen molar-refractivity contribution in [2.45, 2.75) is 39.2 Å². The molecule has 24 heavy (non-hydrogen) atoms. The average molecular weight is 374 g/mol. The second-order valence-corrected chi connectivity index (χ2v) is 8.79. The summed E-state index contributed by atoms with van der Waals surface area (Å²) in [6.07, 6.45) is 2.30. The molecule has 1 aromatic rings. The Morgan fingerprint density at radius 1 is 1.42 bits per heavy atom. The SMILES string of the molecule is CCCCN(C(=O)COc1cccc(Cl)c1C)C1CCS(=O)(=O)C1. The third kappa shape index (κ3) is 4.86. The molecule has 1 aliphatic heterocycles. The summed E-state index contributed by atoms with van der Waals surface area (Å²) >= 11 is 6.05. The first-order valence-electron chi connectivity index (χ1n) is 8.22. The molecular formula is C17H24ClNO4S. The Morgan fingerprint density at radius 3 is 2.79 bits per heavy atom. The van der Waals surface area contributed by atoms with E-state index in [1.54, 1.807) is 23.1 Å². The van der Waals surface area contributed by atoms with E-state index in [0.29, 0.717) is 23.7 Å². The van der Waals surface area contributed by atoms with Crippen LogP contribution in [-0.4, -0.2) is 49.9 Å². The molecule has 7 heteroatoms. The Bertz CT molecular complexity index is 690. The number of halogens is 1. The van der Waals surface area contributed by atoms with Crippen molar-refractivity contribution in [3.63, 3.8) is 0 Å². The van der Waals surface area contributed by atoms with Gasteiger partial charge >= 0.3 is 0 Å². The summed E-state index contributed by atoms with van der Waals surface area (Å²) in [5.41, 5.74) is 0.788. The minimum Gasteiger partial charge on any atom is -0.483 e. The van der Waals surface area contributed by atoms with Crippen molar-refractivity contribution in [2.24, 2.45) is 0 Å². The number of rotatable bonds is 7. The molecule has 1 amide bonds. The van der Waals surface area contributed by atoms with Crippen molar-refractivity contribution < 1.29 is 17.9 Å². The molecule has 1 heterocycles. The van der Waals surface area contributed by atoms with Gasteiger partial charge in [-0.2, -0.15) is 0 Å². The fourth-order valence-corrected chi connectivity index (χ4v) is 4.72. The number of amides is 1. The van der Waals surface area contributed by atoms with Crippen molar-refractivity contribution in [3.05, 3.63) is 28.8 Å². The normalized spacial score (nSPS) is 19.2. The highest BCUT2D eigenvalue weighted by Crippen LogP contribution is 2.25. The number of nitrogens with zero attached hydrogens (tertiary/aromatic N) is 1. The van der Waals surface area contributed by atoms with Gasteiger partial charge in [0.25, 0.3) is 5.91 Å². The Labute approximate surface area is 148 Å². The first-order valence-corrected chi connectivity index (χ1v) is 10.4. The van der Waals surface area contributed by atoms with E-state index in [1.165, 1.54) is 0 Å². The van der Waals surface area contributed by atoms with Crippen LogP contribution in [0.3, 0.4) is 0 Å². The number of carbonyl (C=O) groups is 1. The first-order chi connectivity index (χ1) is 11.3. The quantitative estimate of drug-likeness (QED) is 0.737. The van der Waals surface area contributed by atoms with Gasteiger partial charge in [-0.05, 0) is 31.9 Å². The minimum atomic E-state index is -3.03. The molecule has 0 bridgehead atoms. The van der Waals surface area contributed by atoms with Gasteiger partial charge in [0.2, 0.25) is 0 Å². The summed E-state index contributed by atoms with van der Waals surface area (Å²) in [5, 5.41) is 0.588. The summed E-state index contributed by atoms with van der Waals surface area (Å²) in [6.45, 7) is 4.33. The average Bonchev–Trinajstić information content (AvgIpc) is 2.89. The van der Waals surface area contributed by atoms with E-state index >= 15 is 0 Å². The maximum absolute atomic E-state index is 12.6. The highest BCUT2D eigenvalue weighted by molar-refractivity contribution is 7.91. The van der Waals surface area contributed by atoms with Gasteiger partial charge in [-0.3, -0.25) is 4.79 Å². The molecule has 0 N–H and O–H groups in total. The molecule has 1 fully saturated rings. The van der Waals surface area contributed by atoms with Crippen LogP contribution >= 0.6 is 11.6 Å². The molecule has 1 aliphatic rings. The third-order valence-corrected chi connectivity index (χ3v) is 6.45. The van der Waals surface area contributed by atoms with Gasteiger partial charge in [0.1, 0.15) is 5.75 Å². The molecule has 0 saturated carbocycles. The van der Waals surface area contributed by atoms with Crippen LogP contribution in [0.25, 0.3) is 0 Å². The number of unbranched alkanes of at least 4 members (excludes halogenated alkanes) is 1. The van der Waals surface area contributed by atoms with E-state index in [-0.39, 0.29) is 30.1 Å². The summed E-state index contributed by atoms with van der Waals surface area (Å²) in [6, 6.07) is 5.07. The topological polar surface area (TPSA) is 63.7 Å². The highest BCUT2D eigenvalue weighted by Gasteiger charge is 2.34. The minimum absolute atomic E-state index is 0.0542. The molecular weight excluding hydrogens is 350 g/mol. The predicted molar refractivity (Wildman–Crippen MR) is 95.4 cm³/mol. The standard InChI is InChI=1S/C17H24ClNO4S/c1-3-4-9-19(14-8-10-24(21,22)12-14)17(20)11-23-16-7-5-6-15(18)13(16)2/h5-7,14H,3-4,8-12H2,1-2H3. The third-order valence-electron chi connectivity index (χ3n) is 4.29. The largest absolute Gasteiger partial charge is 0.483 e. The lowest BCUT2D eigenvalue weighted by atomic mass is 10.2. The number of benzene rings is 1. The summed E-state index contributed by atoms with van der Waals surface area (Å²) in [4.78, 5) is 14.3.